The summed E-state index contributed by atoms with van der Waals surface area (Å²) in [4.78, 5) is 23.5. The highest BCUT2D eigenvalue weighted by molar-refractivity contribution is 5.56. The van der Waals surface area contributed by atoms with Crippen LogP contribution in [0.5, 0.6) is 0 Å². The first kappa shape index (κ1) is 15.9. The number of nitrogens with zero attached hydrogens (tertiary/aromatic N) is 5. The molecule has 0 fully saturated rings. The molecule has 1 aromatic carbocycles. The normalized spacial score (nSPS) is 13.7. The standard InChI is InChI=1S/C16H18N6O2/c1-11-7-3-4-8-13(11)17-12(2)18-19-14-15(20-24)21-9-5-6-10-22(21)16(14)23/h3-4,7-8,17H,2,5-6,9-10H2,1H3/b19-18+. The highest BCUT2D eigenvalue weighted by atomic mass is 16.3. The highest BCUT2D eigenvalue weighted by Crippen LogP contribution is 2.28. The lowest BCUT2D eigenvalue weighted by Gasteiger charge is -2.16. The van der Waals surface area contributed by atoms with Crippen molar-refractivity contribution in [3.8, 4) is 0 Å². The Morgan fingerprint density at radius 2 is 1.92 bits per heavy atom. The van der Waals surface area contributed by atoms with Gasteiger partial charge in [0.2, 0.25) is 11.5 Å². The third-order valence-corrected chi connectivity index (χ3v) is 3.96. The number of rotatable bonds is 5. The molecule has 1 aromatic heterocycles. The largest absolute Gasteiger partial charge is 0.339 e. The zero-order valence-corrected chi connectivity index (χ0v) is 13.4. The molecule has 1 N–H and O–H groups in total. The second kappa shape index (κ2) is 6.61. The number of azo groups is 1. The Hall–Kier alpha value is -3.03. The topological polar surface area (TPSA) is 93.1 Å². The fourth-order valence-corrected chi connectivity index (χ4v) is 2.72. The maximum Gasteiger partial charge on any atom is 0.297 e. The zero-order chi connectivity index (χ0) is 17.1. The summed E-state index contributed by atoms with van der Waals surface area (Å²) in [5.74, 6) is 0.293. The van der Waals surface area contributed by atoms with Crippen molar-refractivity contribution < 1.29 is 0 Å². The number of hydrogen-bond acceptors (Lipinski definition) is 6. The molecule has 8 nitrogen and oxygen atoms in total. The van der Waals surface area contributed by atoms with Gasteiger partial charge in [-0.2, -0.15) is 0 Å². The minimum Gasteiger partial charge on any atom is -0.339 e. The van der Waals surface area contributed by atoms with E-state index in [0.29, 0.717) is 13.1 Å². The lowest BCUT2D eigenvalue weighted by atomic mass is 10.2. The number of para-hydroxylation sites is 1. The molecule has 2 aromatic rings. The van der Waals surface area contributed by atoms with E-state index in [-0.39, 0.29) is 22.9 Å². The zero-order valence-electron chi connectivity index (χ0n) is 13.4. The van der Waals surface area contributed by atoms with E-state index in [1.54, 1.807) is 4.68 Å². The number of aromatic nitrogens is 2. The molecule has 0 aliphatic carbocycles. The van der Waals surface area contributed by atoms with Crippen LogP contribution in [0.25, 0.3) is 0 Å². The third kappa shape index (κ3) is 2.90. The van der Waals surface area contributed by atoms with Gasteiger partial charge in [0.05, 0.1) is 0 Å². The molecule has 0 amide bonds. The van der Waals surface area contributed by atoms with E-state index in [4.69, 9.17) is 0 Å². The fourth-order valence-electron chi connectivity index (χ4n) is 2.72. The number of hydrogen-bond donors (Lipinski definition) is 1. The monoisotopic (exact) mass is 326 g/mol. The van der Waals surface area contributed by atoms with Gasteiger partial charge in [0.15, 0.2) is 0 Å². The quantitative estimate of drug-likeness (QED) is 0.668. The number of benzene rings is 1. The molecule has 0 spiro atoms. The van der Waals surface area contributed by atoms with Gasteiger partial charge in [-0.25, -0.2) is 4.68 Å². The van der Waals surface area contributed by atoms with Crippen molar-refractivity contribution in [1.29, 1.82) is 0 Å². The molecule has 0 unspecified atom stereocenters. The van der Waals surface area contributed by atoms with Crippen LogP contribution < -0.4 is 10.9 Å². The van der Waals surface area contributed by atoms with Gasteiger partial charge in [-0.15, -0.1) is 15.1 Å². The van der Waals surface area contributed by atoms with Crippen molar-refractivity contribution >= 4 is 17.2 Å². The van der Waals surface area contributed by atoms with E-state index in [0.717, 1.165) is 24.1 Å². The van der Waals surface area contributed by atoms with Crippen LogP contribution in [0.2, 0.25) is 0 Å². The van der Waals surface area contributed by atoms with Gasteiger partial charge in [-0.3, -0.25) is 9.48 Å². The molecule has 3 rings (SSSR count). The van der Waals surface area contributed by atoms with E-state index in [1.807, 2.05) is 31.2 Å². The Bertz CT molecular complexity index is 877. The van der Waals surface area contributed by atoms with Crippen LogP contribution in [-0.4, -0.2) is 9.36 Å². The predicted molar refractivity (Wildman–Crippen MR) is 91.8 cm³/mol. The first-order valence-electron chi connectivity index (χ1n) is 7.72. The van der Waals surface area contributed by atoms with Crippen LogP contribution in [0.4, 0.5) is 17.2 Å². The van der Waals surface area contributed by atoms with Gasteiger partial charge in [-0.05, 0) is 36.6 Å². The molecule has 8 heteroatoms. The van der Waals surface area contributed by atoms with Gasteiger partial charge < -0.3 is 5.32 Å². The summed E-state index contributed by atoms with van der Waals surface area (Å²) in [6.07, 6.45) is 1.79. The number of aryl methyl sites for hydroxylation is 1. The molecule has 0 atom stereocenters. The number of anilines is 1. The molecule has 2 heterocycles. The second-order valence-electron chi connectivity index (χ2n) is 5.61. The number of nitroso groups, excluding NO2 is 1. The summed E-state index contributed by atoms with van der Waals surface area (Å²) >= 11 is 0. The summed E-state index contributed by atoms with van der Waals surface area (Å²) < 4.78 is 3.07. The Labute approximate surface area is 138 Å². The van der Waals surface area contributed by atoms with E-state index in [1.165, 1.54) is 4.68 Å². The molecule has 24 heavy (non-hydrogen) atoms. The first-order chi connectivity index (χ1) is 11.6. The van der Waals surface area contributed by atoms with E-state index < -0.39 is 0 Å². The number of nitrogens with one attached hydrogen (secondary N) is 1. The summed E-state index contributed by atoms with van der Waals surface area (Å²) in [5, 5.41) is 13.8. The van der Waals surface area contributed by atoms with Crippen molar-refractivity contribution in [1.82, 2.24) is 9.36 Å². The molecule has 0 radical (unpaired) electrons. The number of fused-ring (bicyclic) bond motifs is 1. The molecule has 1 aliphatic heterocycles. The van der Waals surface area contributed by atoms with Crippen molar-refractivity contribution in [2.24, 2.45) is 15.4 Å². The average molecular weight is 326 g/mol. The fraction of sp³-hybridized carbons (Fsp3) is 0.312. The predicted octanol–water partition coefficient (Wildman–Crippen LogP) is 3.82. The lowest BCUT2D eigenvalue weighted by molar-refractivity contribution is 0.358. The van der Waals surface area contributed by atoms with Crippen molar-refractivity contribution in [3.63, 3.8) is 0 Å². The molecule has 1 aliphatic rings. The molecular weight excluding hydrogens is 308 g/mol. The van der Waals surface area contributed by atoms with E-state index >= 15 is 0 Å². The van der Waals surface area contributed by atoms with Gasteiger partial charge in [-0.1, -0.05) is 24.8 Å². The van der Waals surface area contributed by atoms with Crippen molar-refractivity contribution in [3.05, 3.63) is 57.5 Å². The van der Waals surface area contributed by atoms with Crippen molar-refractivity contribution in [2.45, 2.75) is 32.9 Å². The first-order valence-corrected chi connectivity index (χ1v) is 7.72. The lowest BCUT2D eigenvalue weighted by Crippen LogP contribution is -2.26. The Balaban J connectivity index is 1.86. The third-order valence-electron chi connectivity index (χ3n) is 3.96. The molecular formula is C16H18N6O2. The highest BCUT2D eigenvalue weighted by Gasteiger charge is 2.23. The second-order valence-corrected chi connectivity index (χ2v) is 5.61. The Kier molecular flexibility index (Phi) is 4.37. The Morgan fingerprint density at radius 3 is 2.62 bits per heavy atom. The summed E-state index contributed by atoms with van der Waals surface area (Å²) in [5.41, 5.74) is 1.49. The minimum absolute atomic E-state index is 0.0205. The maximum absolute atomic E-state index is 12.4. The minimum atomic E-state index is -0.350. The van der Waals surface area contributed by atoms with Crippen LogP contribution in [0, 0.1) is 11.8 Å². The SMILES string of the molecule is C=C(/N=N/c1c(N=O)n2n(c1=O)CCCC2)Nc1ccccc1C. The average Bonchev–Trinajstić information content (AvgIpc) is 2.87. The molecule has 124 valence electrons. The van der Waals surface area contributed by atoms with Crippen LogP contribution >= 0.6 is 0 Å². The van der Waals surface area contributed by atoms with Gasteiger partial charge in [0, 0.05) is 18.8 Å². The van der Waals surface area contributed by atoms with Crippen LogP contribution in [0.15, 0.2) is 56.9 Å². The molecule has 0 saturated carbocycles. The van der Waals surface area contributed by atoms with Crippen LogP contribution in [0.1, 0.15) is 18.4 Å². The smallest absolute Gasteiger partial charge is 0.297 e. The van der Waals surface area contributed by atoms with Crippen LogP contribution in [0.3, 0.4) is 0 Å². The summed E-state index contributed by atoms with van der Waals surface area (Å²) in [6, 6.07) is 7.66. The summed E-state index contributed by atoms with van der Waals surface area (Å²) in [6.45, 7) is 6.86. The molecule has 0 saturated heterocycles. The summed E-state index contributed by atoms with van der Waals surface area (Å²) in [7, 11) is 0. The Morgan fingerprint density at radius 1 is 1.21 bits per heavy atom. The van der Waals surface area contributed by atoms with Gasteiger partial charge >= 0.3 is 0 Å². The molecule has 0 bridgehead atoms. The van der Waals surface area contributed by atoms with Gasteiger partial charge in [0.1, 0.15) is 5.82 Å². The van der Waals surface area contributed by atoms with E-state index in [2.05, 4.69) is 27.3 Å². The maximum atomic E-state index is 12.4. The van der Waals surface area contributed by atoms with Crippen molar-refractivity contribution in [2.75, 3.05) is 5.32 Å². The van der Waals surface area contributed by atoms with E-state index in [9.17, 15) is 9.70 Å². The van der Waals surface area contributed by atoms with Gasteiger partial charge in [0.25, 0.3) is 5.56 Å². The van der Waals surface area contributed by atoms with Crippen LogP contribution in [-0.2, 0) is 13.1 Å².